The summed E-state index contributed by atoms with van der Waals surface area (Å²) in [5, 5.41) is 64.0. The molecule has 6 rings (SSSR count). The maximum atomic E-state index is 13.2. The Hall–Kier alpha value is -1.56. The number of ether oxygens (including phenoxy) is 2. The number of rotatable bonds is 4. The van der Waals surface area contributed by atoms with E-state index in [0.717, 1.165) is 25.7 Å². The van der Waals surface area contributed by atoms with Gasteiger partial charge in [0.25, 0.3) is 0 Å². The first-order valence-electron chi connectivity index (χ1n) is 17.0. The van der Waals surface area contributed by atoms with Crippen molar-refractivity contribution in [2.24, 2.45) is 50.2 Å². The van der Waals surface area contributed by atoms with Crippen LogP contribution in [0.3, 0.4) is 0 Å². The second kappa shape index (κ2) is 10.5. The maximum Gasteiger partial charge on any atom is 0.312 e. The maximum absolute atomic E-state index is 13.2. The predicted molar refractivity (Wildman–Crippen MR) is 163 cm³/mol. The zero-order valence-electron chi connectivity index (χ0n) is 27.7. The molecule has 0 aromatic heterocycles. The van der Waals surface area contributed by atoms with Crippen LogP contribution in [0, 0.1) is 50.2 Å². The van der Waals surface area contributed by atoms with Crippen molar-refractivity contribution in [2.75, 3.05) is 6.61 Å². The lowest BCUT2D eigenvalue weighted by Gasteiger charge is -2.71. The summed E-state index contributed by atoms with van der Waals surface area (Å²) in [6.45, 7) is 12.7. The van der Waals surface area contributed by atoms with Crippen molar-refractivity contribution in [3.8, 4) is 0 Å². The minimum absolute atomic E-state index is 0.0325. The molecule has 0 radical (unpaired) electrons. The van der Waals surface area contributed by atoms with E-state index in [1.807, 2.05) is 0 Å². The van der Waals surface area contributed by atoms with Crippen molar-refractivity contribution in [1.82, 2.24) is 0 Å². The molecule has 0 aromatic rings. The Morgan fingerprint density at radius 3 is 2.18 bits per heavy atom. The first-order chi connectivity index (χ1) is 20.8. The van der Waals surface area contributed by atoms with Gasteiger partial charge in [-0.3, -0.25) is 9.59 Å². The van der Waals surface area contributed by atoms with Gasteiger partial charge in [-0.05, 0) is 104 Å². The number of aliphatic carboxylic acids is 2. The fourth-order valence-electron chi connectivity index (χ4n) is 12.0. The van der Waals surface area contributed by atoms with Gasteiger partial charge in [0.05, 0.1) is 24.2 Å². The molecule has 10 heteroatoms. The van der Waals surface area contributed by atoms with Crippen LogP contribution in [-0.2, 0) is 19.1 Å². The minimum atomic E-state index is -1.50. The lowest BCUT2D eigenvalue weighted by molar-refractivity contribution is -0.308. The van der Waals surface area contributed by atoms with E-state index in [2.05, 4.69) is 40.7 Å². The molecule has 1 aliphatic heterocycles. The highest BCUT2D eigenvalue weighted by molar-refractivity contribution is 5.78. The molecule has 1 saturated heterocycles. The topological polar surface area (TPSA) is 174 Å². The minimum Gasteiger partial charge on any atom is -0.481 e. The molecule has 6 N–H and O–H groups in total. The largest absolute Gasteiger partial charge is 0.481 e. The molecule has 0 bridgehead atoms. The van der Waals surface area contributed by atoms with Gasteiger partial charge in [-0.15, -0.1) is 0 Å². The van der Waals surface area contributed by atoms with Crippen LogP contribution in [0.5, 0.6) is 0 Å². The van der Waals surface area contributed by atoms with Gasteiger partial charge in [-0.1, -0.05) is 46.3 Å². The van der Waals surface area contributed by atoms with E-state index in [1.165, 1.54) is 5.57 Å². The van der Waals surface area contributed by atoms with Crippen LogP contribution in [0.15, 0.2) is 11.6 Å². The van der Waals surface area contributed by atoms with Gasteiger partial charge in [0, 0.05) is 0 Å². The van der Waals surface area contributed by atoms with E-state index < -0.39 is 65.0 Å². The smallest absolute Gasteiger partial charge is 0.312 e. The summed E-state index contributed by atoms with van der Waals surface area (Å²) in [5.41, 5.74) is -2.44. The average molecular weight is 635 g/mol. The third-order valence-corrected chi connectivity index (χ3v) is 14.9. The van der Waals surface area contributed by atoms with Crippen LogP contribution < -0.4 is 0 Å². The Balaban J connectivity index is 1.36. The van der Waals surface area contributed by atoms with Gasteiger partial charge in [0.15, 0.2) is 6.29 Å². The Labute approximate surface area is 266 Å². The molecule has 5 fully saturated rings. The van der Waals surface area contributed by atoms with Crippen molar-refractivity contribution in [1.29, 1.82) is 0 Å². The summed E-state index contributed by atoms with van der Waals surface area (Å²) in [6.07, 6.45) is 0.607. The summed E-state index contributed by atoms with van der Waals surface area (Å²) in [5.74, 6) is -2.27. The van der Waals surface area contributed by atoms with E-state index in [-0.39, 0.29) is 40.6 Å². The summed E-state index contributed by atoms with van der Waals surface area (Å²) in [4.78, 5) is 26.2. The van der Waals surface area contributed by atoms with Crippen LogP contribution in [0.4, 0.5) is 0 Å². The van der Waals surface area contributed by atoms with Gasteiger partial charge >= 0.3 is 11.9 Å². The summed E-state index contributed by atoms with van der Waals surface area (Å²) in [6, 6.07) is 0. The van der Waals surface area contributed by atoms with Gasteiger partial charge < -0.3 is 40.1 Å². The number of carboxylic acids is 2. The van der Waals surface area contributed by atoms with E-state index >= 15 is 0 Å². The Morgan fingerprint density at radius 1 is 0.844 bits per heavy atom. The van der Waals surface area contributed by atoms with E-state index in [9.17, 15) is 40.2 Å². The van der Waals surface area contributed by atoms with Crippen molar-refractivity contribution >= 4 is 11.9 Å². The highest BCUT2D eigenvalue weighted by Gasteiger charge is 2.72. The molecule has 4 saturated carbocycles. The number of hydrogen-bond donors (Lipinski definition) is 6. The number of carboxylic acid groups (broad SMARTS) is 2. The molecule has 7 unspecified atom stereocenters. The number of fused-ring (bicyclic) bond motifs is 7. The molecule has 45 heavy (non-hydrogen) atoms. The Kier molecular flexibility index (Phi) is 7.76. The molecule has 254 valence electrons. The van der Waals surface area contributed by atoms with E-state index in [1.54, 1.807) is 6.92 Å². The van der Waals surface area contributed by atoms with Crippen molar-refractivity contribution in [3.63, 3.8) is 0 Å². The zero-order valence-corrected chi connectivity index (χ0v) is 27.7. The quantitative estimate of drug-likeness (QED) is 0.198. The predicted octanol–water partition coefficient (Wildman–Crippen LogP) is 3.73. The second-order valence-corrected chi connectivity index (χ2v) is 17.3. The number of carbonyl (C=O) groups is 2. The zero-order chi connectivity index (χ0) is 33.1. The van der Waals surface area contributed by atoms with Gasteiger partial charge in [-0.25, -0.2) is 0 Å². The molecule has 0 spiro atoms. The Bertz CT molecular complexity index is 1260. The molecule has 0 amide bonds. The SMILES string of the molecule is CC1(C)CC[C@@]2(C(=O)O)C(C1)C1=CCC3[C@@]4(C)CC[C@H](OC5OCC(O)C(O)C5O)[C@@](C)(C(=O)O)C4CC[C@@]3(C)[C@]1(C)C[C@H]2O. The summed E-state index contributed by atoms with van der Waals surface area (Å²) >= 11 is 0. The van der Waals surface area contributed by atoms with Crippen LogP contribution in [0.1, 0.15) is 99.3 Å². The number of allylic oxidation sites excluding steroid dienone is 2. The molecule has 6 aliphatic rings. The summed E-state index contributed by atoms with van der Waals surface area (Å²) < 4.78 is 11.7. The highest BCUT2D eigenvalue weighted by Crippen LogP contribution is 2.76. The van der Waals surface area contributed by atoms with E-state index in [0.29, 0.717) is 32.1 Å². The van der Waals surface area contributed by atoms with Crippen LogP contribution in [0.2, 0.25) is 0 Å². The molecular weight excluding hydrogens is 580 g/mol. The van der Waals surface area contributed by atoms with Gasteiger partial charge in [0.1, 0.15) is 23.7 Å². The van der Waals surface area contributed by atoms with Crippen LogP contribution in [0.25, 0.3) is 0 Å². The fourth-order valence-corrected chi connectivity index (χ4v) is 12.0. The fraction of sp³-hybridized carbons (Fsp3) is 0.886. The standard InChI is InChI=1S/C35H54O10/c1-30(2)13-14-35(29(42)43)19(15-30)18-7-8-21-31(3)11-10-24(45-27-26(39)25(38)20(36)17-44-27)34(6,28(40)41)22(31)9-12-32(21,4)33(18,5)16-23(35)37/h7,19-27,36-39H,8-17H2,1-6H3,(H,40,41)(H,42,43)/t19?,20?,21?,22?,23-,24+,25?,26?,27?,31-,32-,33-,34+,35-/m1/s1. The molecule has 14 atom stereocenters. The average Bonchev–Trinajstić information content (AvgIpc) is 2.94. The first kappa shape index (κ1) is 33.3. The van der Waals surface area contributed by atoms with Crippen LogP contribution >= 0.6 is 0 Å². The number of aliphatic hydroxyl groups is 4. The van der Waals surface area contributed by atoms with Crippen LogP contribution in [-0.4, -0.2) is 86.0 Å². The van der Waals surface area contributed by atoms with Gasteiger partial charge in [-0.2, -0.15) is 0 Å². The molecule has 10 nitrogen and oxygen atoms in total. The lowest BCUT2D eigenvalue weighted by Crippen LogP contribution is -2.69. The first-order valence-corrected chi connectivity index (χ1v) is 17.0. The Morgan fingerprint density at radius 2 is 1.53 bits per heavy atom. The molecular formula is C35H54O10. The molecule has 5 aliphatic carbocycles. The molecule has 0 aromatic carbocycles. The lowest BCUT2D eigenvalue weighted by atomic mass is 9.33. The van der Waals surface area contributed by atoms with Crippen molar-refractivity contribution in [2.45, 2.75) is 136 Å². The van der Waals surface area contributed by atoms with Crippen molar-refractivity contribution < 1.29 is 49.7 Å². The second-order valence-electron chi connectivity index (χ2n) is 17.3. The monoisotopic (exact) mass is 634 g/mol. The number of aliphatic hydroxyl groups excluding tert-OH is 4. The normalized spacial score (nSPS) is 54.0. The molecule has 1 heterocycles. The third-order valence-electron chi connectivity index (χ3n) is 14.9. The van der Waals surface area contributed by atoms with E-state index in [4.69, 9.17) is 9.47 Å². The van der Waals surface area contributed by atoms with Crippen molar-refractivity contribution in [3.05, 3.63) is 11.6 Å². The third kappa shape index (κ3) is 4.34. The van der Waals surface area contributed by atoms with Gasteiger partial charge in [0.2, 0.25) is 0 Å². The number of hydrogen-bond acceptors (Lipinski definition) is 8. The summed E-state index contributed by atoms with van der Waals surface area (Å²) in [7, 11) is 0. The highest BCUT2D eigenvalue weighted by atomic mass is 16.7.